The molecule has 1 aromatic carbocycles. The fourth-order valence-corrected chi connectivity index (χ4v) is 4.21. The minimum absolute atomic E-state index is 0.0977. The van der Waals surface area contributed by atoms with Gasteiger partial charge in [-0.25, -0.2) is 9.59 Å². The molecule has 1 amide bonds. The van der Waals surface area contributed by atoms with Crippen LogP contribution in [0.4, 0.5) is 4.79 Å². The summed E-state index contributed by atoms with van der Waals surface area (Å²) in [5, 5.41) is 9.19. The molecule has 0 saturated carbocycles. The highest BCUT2D eigenvalue weighted by Gasteiger charge is 2.42. The molecule has 1 N–H and O–H groups in total. The van der Waals surface area contributed by atoms with Crippen LogP contribution in [-0.4, -0.2) is 71.9 Å². The van der Waals surface area contributed by atoms with Crippen molar-refractivity contribution in [1.82, 2.24) is 9.80 Å². The topological polar surface area (TPSA) is 79.3 Å². The largest absolute Gasteiger partial charge is 0.465 e. The third-order valence-corrected chi connectivity index (χ3v) is 5.73. The summed E-state index contributed by atoms with van der Waals surface area (Å²) >= 11 is 0. The Bertz CT molecular complexity index is 751. The summed E-state index contributed by atoms with van der Waals surface area (Å²) in [4.78, 5) is 27.0. The Kier molecular flexibility index (Phi) is 4.16. The van der Waals surface area contributed by atoms with E-state index in [1.807, 2.05) is 19.1 Å². The standard InChI is InChI=1S/C19H24N2O5/c1-12-7-13-8-14(3-4-16(13)17(22)26-12)19(2)11-21-6-5-20(18(23)24)9-15(21)10-25-19/h3-4,8,12,15H,5-7,9-11H2,1-2H3,(H,23,24)/t12-,15-,19-/m0/s1. The molecule has 140 valence electrons. The highest BCUT2D eigenvalue weighted by atomic mass is 16.5. The van der Waals surface area contributed by atoms with E-state index in [1.165, 1.54) is 4.90 Å². The molecule has 7 nitrogen and oxygen atoms in total. The number of piperazine rings is 1. The number of fused-ring (bicyclic) bond motifs is 2. The average Bonchev–Trinajstić information content (AvgIpc) is 2.60. The third-order valence-electron chi connectivity index (χ3n) is 5.73. The van der Waals surface area contributed by atoms with E-state index in [2.05, 4.69) is 17.9 Å². The zero-order valence-corrected chi connectivity index (χ0v) is 15.1. The van der Waals surface area contributed by atoms with Gasteiger partial charge in [0.15, 0.2) is 0 Å². The lowest BCUT2D eigenvalue weighted by atomic mass is 9.87. The molecule has 2 saturated heterocycles. The van der Waals surface area contributed by atoms with Crippen molar-refractivity contribution in [3.05, 3.63) is 34.9 Å². The minimum atomic E-state index is -0.867. The Morgan fingerprint density at radius 1 is 1.35 bits per heavy atom. The molecule has 0 radical (unpaired) electrons. The van der Waals surface area contributed by atoms with Crippen LogP contribution >= 0.6 is 0 Å². The predicted molar refractivity (Wildman–Crippen MR) is 93.3 cm³/mol. The maximum Gasteiger partial charge on any atom is 0.407 e. The molecule has 0 bridgehead atoms. The van der Waals surface area contributed by atoms with E-state index in [-0.39, 0.29) is 18.1 Å². The van der Waals surface area contributed by atoms with Crippen molar-refractivity contribution >= 4 is 12.1 Å². The smallest absolute Gasteiger partial charge is 0.407 e. The Morgan fingerprint density at radius 2 is 2.15 bits per heavy atom. The van der Waals surface area contributed by atoms with Crippen LogP contribution in [0.25, 0.3) is 0 Å². The normalized spacial score (nSPS) is 31.8. The second-order valence-corrected chi connectivity index (χ2v) is 7.69. The summed E-state index contributed by atoms with van der Waals surface area (Å²) in [6.07, 6.45) is -0.266. The Morgan fingerprint density at radius 3 is 2.92 bits per heavy atom. The molecule has 3 aliphatic rings. The molecule has 0 spiro atoms. The summed E-state index contributed by atoms with van der Waals surface area (Å²) in [5.74, 6) is -0.259. The molecule has 3 heterocycles. The van der Waals surface area contributed by atoms with Crippen molar-refractivity contribution in [3.63, 3.8) is 0 Å². The Balaban J connectivity index is 1.55. The molecule has 0 aromatic heterocycles. The van der Waals surface area contributed by atoms with E-state index in [9.17, 15) is 14.7 Å². The number of morpholine rings is 1. The van der Waals surface area contributed by atoms with E-state index in [1.54, 1.807) is 0 Å². The second kappa shape index (κ2) is 6.25. The number of rotatable bonds is 1. The lowest BCUT2D eigenvalue weighted by Gasteiger charge is -2.49. The van der Waals surface area contributed by atoms with Crippen LogP contribution in [-0.2, 0) is 21.5 Å². The van der Waals surface area contributed by atoms with Gasteiger partial charge in [0, 0.05) is 32.6 Å². The molecule has 0 aliphatic carbocycles. The zero-order valence-electron chi connectivity index (χ0n) is 15.1. The van der Waals surface area contributed by atoms with Gasteiger partial charge in [-0.3, -0.25) is 4.90 Å². The third kappa shape index (κ3) is 2.95. The lowest BCUT2D eigenvalue weighted by Crippen LogP contribution is -2.62. The first-order chi connectivity index (χ1) is 12.4. The number of benzene rings is 1. The van der Waals surface area contributed by atoms with Gasteiger partial charge < -0.3 is 19.5 Å². The van der Waals surface area contributed by atoms with Crippen molar-refractivity contribution in [1.29, 1.82) is 0 Å². The van der Waals surface area contributed by atoms with Gasteiger partial charge >= 0.3 is 12.1 Å². The molecule has 4 rings (SSSR count). The highest BCUT2D eigenvalue weighted by molar-refractivity contribution is 5.92. The monoisotopic (exact) mass is 360 g/mol. The summed E-state index contributed by atoms with van der Waals surface area (Å²) in [6, 6.07) is 5.95. The minimum Gasteiger partial charge on any atom is -0.465 e. The van der Waals surface area contributed by atoms with Crippen molar-refractivity contribution in [2.24, 2.45) is 0 Å². The van der Waals surface area contributed by atoms with E-state index < -0.39 is 11.7 Å². The van der Waals surface area contributed by atoms with Crippen LogP contribution in [0.1, 0.15) is 35.3 Å². The zero-order chi connectivity index (χ0) is 18.5. The summed E-state index contributed by atoms with van der Waals surface area (Å²) in [7, 11) is 0. The number of hydrogen-bond donors (Lipinski definition) is 1. The van der Waals surface area contributed by atoms with Crippen LogP contribution < -0.4 is 0 Å². The SMILES string of the molecule is C[C@H]1Cc2cc([C@]3(C)CN4CCN(C(=O)O)C[C@H]4CO3)ccc2C(=O)O1. The first kappa shape index (κ1) is 17.3. The van der Waals surface area contributed by atoms with Gasteiger partial charge in [-0.05, 0) is 31.0 Å². The molecule has 7 heteroatoms. The molecular weight excluding hydrogens is 336 g/mol. The Labute approximate surface area is 152 Å². The van der Waals surface area contributed by atoms with Gasteiger partial charge in [0.25, 0.3) is 0 Å². The second-order valence-electron chi connectivity index (χ2n) is 7.69. The molecule has 2 fully saturated rings. The van der Waals surface area contributed by atoms with Crippen LogP contribution in [0.15, 0.2) is 18.2 Å². The highest BCUT2D eigenvalue weighted by Crippen LogP contribution is 2.35. The van der Waals surface area contributed by atoms with Gasteiger partial charge in [0.2, 0.25) is 0 Å². The number of carboxylic acid groups (broad SMARTS) is 1. The van der Waals surface area contributed by atoms with E-state index in [0.717, 1.165) is 11.1 Å². The number of carbonyl (C=O) groups excluding carboxylic acids is 1. The van der Waals surface area contributed by atoms with E-state index in [4.69, 9.17) is 9.47 Å². The number of ether oxygens (including phenoxy) is 2. The van der Waals surface area contributed by atoms with Gasteiger partial charge in [-0.15, -0.1) is 0 Å². The molecule has 3 atom stereocenters. The molecule has 26 heavy (non-hydrogen) atoms. The Hall–Kier alpha value is -2.12. The van der Waals surface area contributed by atoms with E-state index >= 15 is 0 Å². The van der Waals surface area contributed by atoms with Gasteiger partial charge in [0.05, 0.1) is 18.2 Å². The van der Waals surface area contributed by atoms with Crippen molar-refractivity contribution < 1.29 is 24.2 Å². The maximum atomic E-state index is 12.0. The summed E-state index contributed by atoms with van der Waals surface area (Å²) in [5.41, 5.74) is 2.23. The van der Waals surface area contributed by atoms with Crippen LogP contribution in [0.3, 0.4) is 0 Å². The van der Waals surface area contributed by atoms with Crippen molar-refractivity contribution in [3.8, 4) is 0 Å². The van der Waals surface area contributed by atoms with Gasteiger partial charge in [-0.2, -0.15) is 0 Å². The molecule has 0 unspecified atom stereocenters. The number of nitrogens with zero attached hydrogens (tertiary/aromatic N) is 2. The molecule has 1 aromatic rings. The average molecular weight is 360 g/mol. The van der Waals surface area contributed by atoms with Crippen molar-refractivity contribution in [2.75, 3.05) is 32.8 Å². The van der Waals surface area contributed by atoms with E-state index in [0.29, 0.717) is 44.8 Å². The summed E-state index contributed by atoms with van der Waals surface area (Å²) in [6.45, 7) is 6.90. The number of amides is 1. The molecule has 3 aliphatic heterocycles. The maximum absolute atomic E-state index is 12.0. The quantitative estimate of drug-likeness (QED) is 0.768. The fourth-order valence-electron chi connectivity index (χ4n) is 4.21. The van der Waals surface area contributed by atoms with Gasteiger partial charge in [0.1, 0.15) is 11.7 Å². The van der Waals surface area contributed by atoms with Crippen LogP contribution in [0.2, 0.25) is 0 Å². The van der Waals surface area contributed by atoms with Gasteiger partial charge in [-0.1, -0.05) is 12.1 Å². The first-order valence-corrected chi connectivity index (χ1v) is 9.06. The molecular formula is C19H24N2O5. The number of hydrogen-bond acceptors (Lipinski definition) is 5. The predicted octanol–water partition coefficient (Wildman–Crippen LogP) is 1.70. The number of esters is 1. The van der Waals surface area contributed by atoms with Crippen LogP contribution in [0.5, 0.6) is 0 Å². The van der Waals surface area contributed by atoms with Crippen molar-refractivity contribution in [2.45, 2.75) is 38.0 Å². The fraction of sp³-hybridized carbons (Fsp3) is 0.579. The number of cyclic esters (lactones) is 1. The lowest BCUT2D eigenvalue weighted by molar-refractivity contribution is -0.143. The van der Waals surface area contributed by atoms with Crippen LogP contribution in [0, 0.1) is 0 Å². The number of carbonyl (C=O) groups is 2. The summed E-state index contributed by atoms with van der Waals surface area (Å²) < 4.78 is 11.5. The first-order valence-electron chi connectivity index (χ1n) is 9.06.